The second-order valence-electron chi connectivity index (χ2n) is 4.40. The van der Waals surface area contributed by atoms with Gasteiger partial charge in [-0.1, -0.05) is 6.92 Å². The summed E-state index contributed by atoms with van der Waals surface area (Å²) in [5.41, 5.74) is 8.40. The number of hydrogen-bond acceptors (Lipinski definition) is 2. The molecule has 0 aliphatic heterocycles. The summed E-state index contributed by atoms with van der Waals surface area (Å²) in [5.74, 6) is 1.40. The molecule has 2 atom stereocenters. The second kappa shape index (κ2) is 3.73. The first kappa shape index (κ1) is 9.71. The Kier molecular flexibility index (Phi) is 2.59. The normalized spacial score (nSPS) is 26.2. The summed E-state index contributed by atoms with van der Waals surface area (Å²) < 4.78 is 1.94. The predicted octanol–water partition coefficient (Wildman–Crippen LogP) is 1.43. The van der Waals surface area contributed by atoms with Gasteiger partial charge in [0, 0.05) is 13.2 Å². The molecule has 1 heterocycles. The van der Waals surface area contributed by atoms with Gasteiger partial charge in [-0.3, -0.25) is 4.68 Å². The molecule has 1 aliphatic carbocycles. The molecule has 0 spiro atoms. The van der Waals surface area contributed by atoms with Crippen molar-refractivity contribution in [3.05, 3.63) is 17.5 Å². The first-order valence-corrected chi connectivity index (χ1v) is 5.45. The Morgan fingerprint density at radius 1 is 1.64 bits per heavy atom. The van der Waals surface area contributed by atoms with Crippen LogP contribution in [0.25, 0.3) is 0 Å². The summed E-state index contributed by atoms with van der Waals surface area (Å²) >= 11 is 0. The highest BCUT2D eigenvalue weighted by Gasteiger charge is 2.27. The van der Waals surface area contributed by atoms with Gasteiger partial charge in [0.15, 0.2) is 0 Å². The Morgan fingerprint density at radius 3 is 3.14 bits per heavy atom. The lowest BCUT2D eigenvalue weighted by Gasteiger charge is -2.27. The summed E-state index contributed by atoms with van der Waals surface area (Å²) in [6.07, 6.45) is 5.66. The lowest BCUT2D eigenvalue weighted by atomic mass is 9.77. The zero-order valence-corrected chi connectivity index (χ0v) is 9.03. The van der Waals surface area contributed by atoms with Crippen molar-refractivity contribution in [2.24, 2.45) is 18.7 Å². The number of nitrogens with two attached hydrogens (primary N) is 1. The lowest BCUT2D eigenvalue weighted by molar-refractivity contribution is 0.386. The highest BCUT2D eigenvalue weighted by atomic mass is 15.3. The number of fused-ring (bicyclic) bond motifs is 1. The average molecular weight is 193 g/mol. The molecule has 3 heteroatoms. The van der Waals surface area contributed by atoms with Crippen LogP contribution in [0.1, 0.15) is 36.9 Å². The molecule has 1 aliphatic rings. The SMILES string of the molecule is CC1CCc2nn(C)cc2C1CCN. The number of hydrogen-bond donors (Lipinski definition) is 1. The monoisotopic (exact) mass is 193 g/mol. The van der Waals surface area contributed by atoms with Gasteiger partial charge >= 0.3 is 0 Å². The van der Waals surface area contributed by atoms with Crippen molar-refractivity contribution in [1.82, 2.24) is 9.78 Å². The molecule has 14 heavy (non-hydrogen) atoms. The van der Waals surface area contributed by atoms with Crippen LogP contribution in [-0.2, 0) is 13.5 Å². The van der Waals surface area contributed by atoms with Crippen LogP contribution in [0.5, 0.6) is 0 Å². The molecule has 0 fully saturated rings. The maximum atomic E-state index is 5.66. The van der Waals surface area contributed by atoms with Crippen LogP contribution in [0.3, 0.4) is 0 Å². The number of nitrogens with zero attached hydrogens (tertiary/aromatic N) is 2. The third-order valence-corrected chi connectivity index (χ3v) is 3.34. The summed E-state index contributed by atoms with van der Waals surface area (Å²) in [5, 5.41) is 4.49. The van der Waals surface area contributed by atoms with Crippen LogP contribution in [0, 0.1) is 5.92 Å². The highest BCUT2D eigenvalue weighted by Crippen LogP contribution is 2.37. The van der Waals surface area contributed by atoms with Gasteiger partial charge in [-0.2, -0.15) is 5.10 Å². The van der Waals surface area contributed by atoms with Crippen molar-refractivity contribution < 1.29 is 0 Å². The Labute approximate surface area is 85.3 Å². The standard InChI is InChI=1S/C11H19N3/c1-8-3-4-11-10(7-14(2)13-11)9(8)5-6-12/h7-9H,3-6,12H2,1-2H3. The summed E-state index contributed by atoms with van der Waals surface area (Å²) in [6.45, 7) is 3.11. The first-order valence-electron chi connectivity index (χ1n) is 5.45. The molecule has 0 saturated carbocycles. The molecular weight excluding hydrogens is 174 g/mol. The van der Waals surface area contributed by atoms with Crippen molar-refractivity contribution in [3.8, 4) is 0 Å². The van der Waals surface area contributed by atoms with E-state index in [2.05, 4.69) is 18.2 Å². The van der Waals surface area contributed by atoms with Crippen molar-refractivity contribution >= 4 is 0 Å². The minimum absolute atomic E-state index is 0.637. The number of rotatable bonds is 2. The zero-order valence-electron chi connectivity index (χ0n) is 9.03. The Hall–Kier alpha value is -0.830. The van der Waals surface area contributed by atoms with Gasteiger partial charge in [-0.15, -0.1) is 0 Å². The van der Waals surface area contributed by atoms with E-state index in [4.69, 9.17) is 5.73 Å². The molecule has 0 bridgehead atoms. The smallest absolute Gasteiger partial charge is 0.0659 e. The van der Waals surface area contributed by atoms with Crippen molar-refractivity contribution in [2.45, 2.75) is 32.1 Å². The van der Waals surface area contributed by atoms with Crippen LogP contribution >= 0.6 is 0 Å². The van der Waals surface area contributed by atoms with Gasteiger partial charge in [0.2, 0.25) is 0 Å². The summed E-state index contributed by atoms with van der Waals surface area (Å²) in [7, 11) is 2.00. The van der Waals surface area contributed by atoms with E-state index in [1.807, 2.05) is 11.7 Å². The largest absolute Gasteiger partial charge is 0.330 e. The van der Waals surface area contributed by atoms with Gasteiger partial charge in [0.05, 0.1) is 5.69 Å². The minimum atomic E-state index is 0.637. The quantitative estimate of drug-likeness (QED) is 0.772. The number of aromatic nitrogens is 2. The van der Waals surface area contributed by atoms with E-state index < -0.39 is 0 Å². The van der Waals surface area contributed by atoms with E-state index in [1.54, 1.807) is 0 Å². The molecule has 2 unspecified atom stereocenters. The van der Waals surface area contributed by atoms with E-state index in [1.165, 1.54) is 17.7 Å². The van der Waals surface area contributed by atoms with Crippen molar-refractivity contribution in [1.29, 1.82) is 0 Å². The molecule has 78 valence electrons. The lowest BCUT2D eigenvalue weighted by Crippen LogP contribution is -2.20. The molecule has 1 aromatic heterocycles. The average Bonchev–Trinajstić information content (AvgIpc) is 2.51. The summed E-state index contributed by atoms with van der Waals surface area (Å²) in [4.78, 5) is 0. The van der Waals surface area contributed by atoms with Crippen LogP contribution in [0.15, 0.2) is 6.20 Å². The first-order chi connectivity index (χ1) is 6.72. The molecular formula is C11H19N3. The maximum Gasteiger partial charge on any atom is 0.0659 e. The molecule has 0 saturated heterocycles. The highest BCUT2D eigenvalue weighted by molar-refractivity contribution is 5.25. The molecule has 2 N–H and O–H groups in total. The van der Waals surface area contributed by atoms with Gasteiger partial charge in [0.25, 0.3) is 0 Å². The fraction of sp³-hybridized carbons (Fsp3) is 0.727. The van der Waals surface area contributed by atoms with Crippen LogP contribution < -0.4 is 5.73 Å². The molecule has 0 radical (unpaired) electrons. The Morgan fingerprint density at radius 2 is 2.43 bits per heavy atom. The van der Waals surface area contributed by atoms with E-state index in [0.29, 0.717) is 5.92 Å². The van der Waals surface area contributed by atoms with Crippen molar-refractivity contribution in [2.75, 3.05) is 6.54 Å². The van der Waals surface area contributed by atoms with Gasteiger partial charge in [0.1, 0.15) is 0 Å². The van der Waals surface area contributed by atoms with Gasteiger partial charge < -0.3 is 5.73 Å². The van der Waals surface area contributed by atoms with E-state index in [0.717, 1.165) is 25.3 Å². The van der Waals surface area contributed by atoms with Gasteiger partial charge in [-0.25, -0.2) is 0 Å². The van der Waals surface area contributed by atoms with Gasteiger partial charge in [-0.05, 0) is 43.2 Å². The fourth-order valence-corrected chi connectivity index (χ4v) is 2.55. The van der Waals surface area contributed by atoms with Crippen LogP contribution in [0.4, 0.5) is 0 Å². The minimum Gasteiger partial charge on any atom is -0.330 e. The second-order valence-corrected chi connectivity index (χ2v) is 4.40. The molecule has 2 rings (SSSR count). The summed E-state index contributed by atoms with van der Waals surface area (Å²) in [6, 6.07) is 0. The maximum absolute atomic E-state index is 5.66. The Bertz CT molecular complexity index is 316. The molecule has 0 amide bonds. The topological polar surface area (TPSA) is 43.8 Å². The Balaban J connectivity index is 2.30. The van der Waals surface area contributed by atoms with Crippen LogP contribution in [0.2, 0.25) is 0 Å². The van der Waals surface area contributed by atoms with E-state index >= 15 is 0 Å². The molecule has 3 nitrogen and oxygen atoms in total. The van der Waals surface area contributed by atoms with Crippen LogP contribution in [-0.4, -0.2) is 16.3 Å². The molecule has 0 aromatic carbocycles. The third kappa shape index (κ3) is 1.57. The molecule has 1 aromatic rings. The zero-order chi connectivity index (χ0) is 10.1. The predicted molar refractivity (Wildman–Crippen MR) is 57.1 cm³/mol. The van der Waals surface area contributed by atoms with E-state index in [9.17, 15) is 0 Å². The number of aryl methyl sites for hydroxylation is 2. The fourth-order valence-electron chi connectivity index (χ4n) is 2.55. The third-order valence-electron chi connectivity index (χ3n) is 3.34. The van der Waals surface area contributed by atoms with Crippen molar-refractivity contribution in [3.63, 3.8) is 0 Å². The van der Waals surface area contributed by atoms with E-state index in [-0.39, 0.29) is 0 Å².